The molecule has 6 heteroatoms. The van der Waals surface area contributed by atoms with Crippen LogP contribution in [0.2, 0.25) is 0 Å². The lowest BCUT2D eigenvalue weighted by Gasteiger charge is -2.20. The van der Waals surface area contributed by atoms with Gasteiger partial charge >= 0.3 is 5.97 Å². The summed E-state index contributed by atoms with van der Waals surface area (Å²) >= 11 is 0. The molecule has 0 saturated carbocycles. The van der Waals surface area contributed by atoms with E-state index in [0.717, 1.165) is 5.69 Å². The second kappa shape index (κ2) is 9.70. The number of carbonyl (C=O) groups is 3. The van der Waals surface area contributed by atoms with E-state index in [4.69, 9.17) is 5.11 Å². The lowest BCUT2D eigenvalue weighted by Crippen LogP contribution is -2.45. The zero-order valence-electron chi connectivity index (χ0n) is 14.5. The summed E-state index contributed by atoms with van der Waals surface area (Å²) in [5.41, 5.74) is 0.801. The first kappa shape index (κ1) is 19.7. The SMILES string of the molecule is CCC(C)C(NC(=O)CCCC(=O)N(C)c1ccccc1)C(=O)O. The molecule has 0 aliphatic rings. The van der Waals surface area contributed by atoms with E-state index in [9.17, 15) is 14.4 Å². The maximum atomic E-state index is 12.1. The highest BCUT2D eigenvalue weighted by molar-refractivity contribution is 5.93. The van der Waals surface area contributed by atoms with Crippen molar-refractivity contribution >= 4 is 23.5 Å². The Labute approximate surface area is 142 Å². The molecular weight excluding hydrogens is 308 g/mol. The Morgan fingerprint density at radius 1 is 1.17 bits per heavy atom. The van der Waals surface area contributed by atoms with Crippen LogP contribution in [0.5, 0.6) is 0 Å². The number of benzene rings is 1. The molecule has 0 fully saturated rings. The van der Waals surface area contributed by atoms with Gasteiger partial charge in [-0.05, 0) is 24.5 Å². The molecule has 6 nitrogen and oxygen atoms in total. The number of carboxylic acids is 1. The number of anilines is 1. The number of carbonyl (C=O) groups excluding carboxylic acids is 2. The molecule has 1 rings (SSSR count). The van der Waals surface area contributed by atoms with Crippen LogP contribution in [0.4, 0.5) is 5.69 Å². The molecule has 0 radical (unpaired) electrons. The van der Waals surface area contributed by atoms with Crippen molar-refractivity contribution in [3.8, 4) is 0 Å². The Bertz CT molecular complexity index is 559. The molecule has 2 N–H and O–H groups in total. The van der Waals surface area contributed by atoms with Crippen molar-refractivity contribution in [2.75, 3.05) is 11.9 Å². The molecule has 1 aromatic rings. The van der Waals surface area contributed by atoms with Gasteiger partial charge in [0.15, 0.2) is 0 Å². The second-order valence-corrected chi connectivity index (χ2v) is 5.91. The third-order valence-corrected chi connectivity index (χ3v) is 4.11. The zero-order chi connectivity index (χ0) is 18.1. The molecule has 0 heterocycles. The number of nitrogens with zero attached hydrogens (tertiary/aromatic N) is 1. The molecule has 2 atom stereocenters. The summed E-state index contributed by atoms with van der Waals surface area (Å²) in [6.45, 7) is 3.67. The van der Waals surface area contributed by atoms with Crippen LogP contribution in [0.25, 0.3) is 0 Å². The predicted octanol–water partition coefficient (Wildman–Crippen LogP) is 2.44. The van der Waals surface area contributed by atoms with Gasteiger partial charge in [-0.25, -0.2) is 4.79 Å². The van der Waals surface area contributed by atoms with Crippen molar-refractivity contribution in [2.45, 2.75) is 45.6 Å². The fourth-order valence-corrected chi connectivity index (χ4v) is 2.29. The number of rotatable bonds is 9. The Morgan fingerprint density at radius 3 is 2.33 bits per heavy atom. The van der Waals surface area contributed by atoms with Crippen molar-refractivity contribution in [1.29, 1.82) is 0 Å². The highest BCUT2D eigenvalue weighted by Crippen LogP contribution is 2.13. The molecule has 1 aromatic carbocycles. The summed E-state index contributed by atoms with van der Waals surface area (Å²) < 4.78 is 0. The molecule has 0 aromatic heterocycles. The molecule has 24 heavy (non-hydrogen) atoms. The van der Waals surface area contributed by atoms with Crippen molar-refractivity contribution in [3.63, 3.8) is 0 Å². The monoisotopic (exact) mass is 334 g/mol. The second-order valence-electron chi connectivity index (χ2n) is 5.91. The van der Waals surface area contributed by atoms with Gasteiger partial charge in [-0.2, -0.15) is 0 Å². The van der Waals surface area contributed by atoms with Crippen LogP contribution in [0.15, 0.2) is 30.3 Å². The van der Waals surface area contributed by atoms with Gasteiger partial charge in [0, 0.05) is 25.6 Å². The van der Waals surface area contributed by atoms with Crippen LogP contribution in [0.1, 0.15) is 39.5 Å². The molecule has 0 bridgehead atoms. The van der Waals surface area contributed by atoms with Gasteiger partial charge in [-0.15, -0.1) is 0 Å². The fourth-order valence-electron chi connectivity index (χ4n) is 2.29. The largest absolute Gasteiger partial charge is 0.480 e. The zero-order valence-corrected chi connectivity index (χ0v) is 14.5. The summed E-state index contributed by atoms with van der Waals surface area (Å²) in [6, 6.07) is 8.39. The number of hydrogen-bond donors (Lipinski definition) is 2. The molecule has 2 unspecified atom stereocenters. The van der Waals surface area contributed by atoms with Gasteiger partial charge in [0.1, 0.15) is 6.04 Å². The lowest BCUT2D eigenvalue weighted by molar-refractivity contribution is -0.143. The minimum atomic E-state index is -1.03. The van der Waals surface area contributed by atoms with E-state index < -0.39 is 12.0 Å². The van der Waals surface area contributed by atoms with Gasteiger partial charge in [0.2, 0.25) is 11.8 Å². The van der Waals surface area contributed by atoms with Gasteiger partial charge < -0.3 is 15.3 Å². The van der Waals surface area contributed by atoms with E-state index in [1.807, 2.05) is 37.3 Å². The number of para-hydroxylation sites is 1. The lowest BCUT2D eigenvalue weighted by atomic mass is 9.99. The molecule has 0 aliphatic heterocycles. The summed E-state index contributed by atoms with van der Waals surface area (Å²) in [7, 11) is 1.70. The Kier molecular flexibility index (Phi) is 7.95. The number of amides is 2. The van der Waals surface area contributed by atoms with Crippen LogP contribution < -0.4 is 10.2 Å². The van der Waals surface area contributed by atoms with Crippen molar-refractivity contribution in [3.05, 3.63) is 30.3 Å². The topological polar surface area (TPSA) is 86.7 Å². The quantitative estimate of drug-likeness (QED) is 0.726. The average molecular weight is 334 g/mol. The fraction of sp³-hybridized carbons (Fsp3) is 0.500. The number of nitrogens with one attached hydrogen (secondary N) is 1. The van der Waals surface area contributed by atoms with E-state index in [1.165, 1.54) is 0 Å². The van der Waals surface area contributed by atoms with Crippen LogP contribution in [0, 0.1) is 5.92 Å². The van der Waals surface area contributed by atoms with E-state index in [0.29, 0.717) is 12.8 Å². The number of carboxylic acid groups (broad SMARTS) is 1. The van der Waals surface area contributed by atoms with E-state index in [1.54, 1.807) is 18.9 Å². The first-order valence-electron chi connectivity index (χ1n) is 8.20. The van der Waals surface area contributed by atoms with Gasteiger partial charge in [0.25, 0.3) is 0 Å². The third-order valence-electron chi connectivity index (χ3n) is 4.11. The van der Waals surface area contributed by atoms with E-state index in [-0.39, 0.29) is 30.6 Å². The summed E-state index contributed by atoms with van der Waals surface area (Å²) in [6.07, 6.45) is 1.42. The first-order chi connectivity index (χ1) is 11.4. The molecule has 0 spiro atoms. The van der Waals surface area contributed by atoms with E-state index in [2.05, 4.69) is 5.32 Å². The smallest absolute Gasteiger partial charge is 0.326 e. The van der Waals surface area contributed by atoms with Crippen LogP contribution in [-0.2, 0) is 14.4 Å². The molecule has 0 saturated heterocycles. The van der Waals surface area contributed by atoms with Crippen LogP contribution >= 0.6 is 0 Å². The molecule has 2 amide bonds. The van der Waals surface area contributed by atoms with Gasteiger partial charge in [-0.3, -0.25) is 9.59 Å². The Hall–Kier alpha value is -2.37. The maximum absolute atomic E-state index is 12.1. The first-order valence-corrected chi connectivity index (χ1v) is 8.20. The summed E-state index contributed by atoms with van der Waals surface area (Å²) in [4.78, 5) is 36.8. The maximum Gasteiger partial charge on any atom is 0.326 e. The number of hydrogen-bond acceptors (Lipinski definition) is 3. The van der Waals surface area contributed by atoms with Gasteiger partial charge in [0.05, 0.1) is 0 Å². The average Bonchev–Trinajstić information content (AvgIpc) is 2.58. The normalized spacial score (nSPS) is 13.0. The van der Waals surface area contributed by atoms with Crippen LogP contribution in [0.3, 0.4) is 0 Å². The molecule has 132 valence electrons. The summed E-state index contributed by atoms with van der Waals surface area (Å²) in [5, 5.41) is 11.7. The van der Waals surface area contributed by atoms with Crippen molar-refractivity contribution in [2.24, 2.45) is 5.92 Å². The van der Waals surface area contributed by atoms with Crippen LogP contribution in [-0.4, -0.2) is 36.0 Å². The Balaban J connectivity index is 2.42. The molecule has 0 aliphatic carbocycles. The minimum absolute atomic E-state index is 0.0780. The van der Waals surface area contributed by atoms with Crippen molar-refractivity contribution in [1.82, 2.24) is 5.32 Å². The number of aliphatic carboxylic acids is 1. The summed E-state index contributed by atoms with van der Waals surface area (Å²) in [5.74, 6) is -1.58. The predicted molar refractivity (Wildman–Crippen MR) is 92.7 cm³/mol. The van der Waals surface area contributed by atoms with Gasteiger partial charge in [-0.1, -0.05) is 38.5 Å². The minimum Gasteiger partial charge on any atom is -0.480 e. The standard InChI is InChI=1S/C18H26N2O4/c1-4-13(2)17(18(23)24)19-15(21)11-8-12-16(22)20(3)14-9-6-5-7-10-14/h5-7,9-10,13,17H,4,8,11-12H2,1-3H3,(H,19,21)(H,23,24). The Morgan fingerprint density at radius 2 is 1.79 bits per heavy atom. The third kappa shape index (κ3) is 6.02. The van der Waals surface area contributed by atoms with E-state index >= 15 is 0 Å². The van der Waals surface area contributed by atoms with Crippen molar-refractivity contribution < 1.29 is 19.5 Å². The highest BCUT2D eigenvalue weighted by Gasteiger charge is 2.25. The molecular formula is C18H26N2O4. The highest BCUT2D eigenvalue weighted by atomic mass is 16.4.